The summed E-state index contributed by atoms with van der Waals surface area (Å²) in [5.74, 6) is -1.24. The lowest BCUT2D eigenvalue weighted by Crippen LogP contribution is -2.08. The second-order valence-electron chi connectivity index (χ2n) is 3.79. The highest BCUT2D eigenvalue weighted by Gasteiger charge is 2.09. The zero-order valence-corrected chi connectivity index (χ0v) is 9.42. The van der Waals surface area contributed by atoms with Crippen molar-refractivity contribution in [2.24, 2.45) is 0 Å². The van der Waals surface area contributed by atoms with E-state index < -0.39 is 5.97 Å². The minimum Gasteiger partial charge on any atom is -0.475 e. The monoisotopic (exact) mass is 228 g/mol. The number of carboxylic acid groups (broad SMARTS) is 1. The SMILES string of the molecule is Cc1cc(Cc2ccccc2)nc(C(=O)O)n1. The zero-order chi connectivity index (χ0) is 12.3. The number of rotatable bonds is 3. The van der Waals surface area contributed by atoms with Crippen LogP contribution in [0.1, 0.15) is 27.6 Å². The highest BCUT2D eigenvalue weighted by atomic mass is 16.4. The van der Waals surface area contributed by atoms with E-state index in [0.29, 0.717) is 12.1 Å². The first-order chi connectivity index (χ1) is 8.15. The summed E-state index contributed by atoms with van der Waals surface area (Å²) in [5.41, 5.74) is 2.49. The van der Waals surface area contributed by atoms with Crippen LogP contribution in [0.15, 0.2) is 36.4 Å². The van der Waals surface area contributed by atoms with Gasteiger partial charge in [-0.1, -0.05) is 30.3 Å². The minimum absolute atomic E-state index is 0.143. The fraction of sp³-hybridized carbons (Fsp3) is 0.154. The Balaban J connectivity index is 2.30. The van der Waals surface area contributed by atoms with Crippen molar-refractivity contribution in [1.29, 1.82) is 0 Å². The van der Waals surface area contributed by atoms with Crippen molar-refractivity contribution in [2.45, 2.75) is 13.3 Å². The molecule has 0 fully saturated rings. The molecule has 4 nitrogen and oxygen atoms in total. The molecule has 0 atom stereocenters. The molecule has 0 aliphatic carbocycles. The maximum atomic E-state index is 10.8. The van der Waals surface area contributed by atoms with Crippen LogP contribution >= 0.6 is 0 Å². The molecule has 86 valence electrons. The topological polar surface area (TPSA) is 63.1 Å². The summed E-state index contributed by atoms with van der Waals surface area (Å²) in [6, 6.07) is 11.6. The van der Waals surface area contributed by atoms with Gasteiger partial charge in [0, 0.05) is 17.8 Å². The van der Waals surface area contributed by atoms with Crippen LogP contribution in [0.5, 0.6) is 0 Å². The molecule has 0 radical (unpaired) electrons. The van der Waals surface area contributed by atoms with Crippen molar-refractivity contribution in [3.63, 3.8) is 0 Å². The van der Waals surface area contributed by atoms with Crippen molar-refractivity contribution >= 4 is 5.97 Å². The van der Waals surface area contributed by atoms with E-state index in [9.17, 15) is 4.79 Å². The lowest BCUT2D eigenvalue weighted by atomic mass is 10.1. The van der Waals surface area contributed by atoms with Gasteiger partial charge in [-0.15, -0.1) is 0 Å². The molecule has 2 rings (SSSR count). The zero-order valence-electron chi connectivity index (χ0n) is 9.42. The van der Waals surface area contributed by atoms with Crippen LogP contribution in [-0.2, 0) is 6.42 Å². The summed E-state index contributed by atoms with van der Waals surface area (Å²) >= 11 is 0. The van der Waals surface area contributed by atoms with E-state index in [1.807, 2.05) is 30.3 Å². The molecule has 1 heterocycles. The highest BCUT2D eigenvalue weighted by Crippen LogP contribution is 2.08. The quantitative estimate of drug-likeness (QED) is 0.873. The average molecular weight is 228 g/mol. The molecular formula is C13H12N2O2. The number of hydrogen-bond donors (Lipinski definition) is 1. The molecule has 2 aromatic rings. The number of aromatic nitrogens is 2. The highest BCUT2D eigenvalue weighted by molar-refractivity contribution is 5.83. The average Bonchev–Trinajstić information content (AvgIpc) is 2.29. The van der Waals surface area contributed by atoms with Gasteiger partial charge in [0.2, 0.25) is 5.82 Å². The smallest absolute Gasteiger partial charge is 0.373 e. The number of benzene rings is 1. The second kappa shape index (κ2) is 4.74. The number of hydrogen-bond acceptors (Lipinski definition) is 3. The van der Waals surface area contributed by atoms with Crippen molar-refractivity contribution in [1.82, 2.24) is 9.97 Å². The van der Waals surface area contributed by atoms with E-state index in [2.05, 4.69) is 9.97 Å². The van der Waals surface area contributed by atoms with Gasteiger partial charge >= 0.3 is 5.97 Å². The van der Waals surface area contributed by atoms with Crippen molar-refractivity contribution in [2.75, 3.05) is 0 Å². The van der Waals surface area contributed by atoms with E-state index in [1.165, 1.54) is 0 Å². The van der Waals surface area contributed by atoms with Gasteiger partial charge < -0.3 is 5.11 Å². The standard InChI is InChI=1S/C13H12N2O2/c1-9-7-11(15-12(14-9)13(16)17)8-10-5-3-2-4-6-10/h2-7H,8H2,1H3,(H,16,17). The predicted molar refractivity (Wildman–Crippen MR) is 63.0 cm³/mol. The molecule has 0 spiro atoms. The van der Waals surface area contributed by atoms with E-state index in [4.69, 9.17) is 5.11 Å². The number of aryl methyl sites for hydroxylation is 1. The number of aromatic carboxylic acids is 1. The summed E-state index contributed by atoms with van der Waals surface area (Å²) in [5, 5.41) is 8.87. The Morgan fingerprint density at radius 3 is 2.59 bits per heavy atom. The molecule has 0 unspecified atom stereocenters. The van der Waals surface area contributed by atoms with Gasteiger partial charge in [0.15, 0.2) is 0 Å². The van der Waals surface area contributed by atoms with Gasteiger partial charge in [-0.2, -0.15) is 0 Å². The summed E-state index contributed by atoms with van der Waals surface area (Å²) in [4.78, 5) is 18.7. The van der Waals surface area contributed by atoms with Crippen LogP contribution < -0.4 is 0 Å². The van der Waals surface area contributed by atoms with Crippen LogP contribution in [0, 0.1) is 6.92 Å². The minimum atomic E-state index is -1.09. The van der Waals surface area contributed by atoms with Crippen LogP contribution in [-0.4, -0.2) is 21.0 Å². The van der Waals surface area contributed by atoms with Gasteiger partial charge in [0.25, 0.3) is 0 Å². The molecule has 0 saturated heterocycles. The molecule has 4 heteroatoms. The maximum absolute atomic E-state index is 10.8. The Hall–Kier alpha value is -2.23. The van der Waals surface area contributed by atoms with E-state index in [0.717, 1.165) is 11.3 Å². The summed E-state index contributed by atoms with van der Waals surface area (Å²) in [7, 11) is 0. The van der Waals surface area contributed by atoms with Gasteiger partial charge in [-0.25, -0.2) is 14.8 Å². The fourth-order valence-corrected chi connectivity index (χ4v) is 1.62. The van der Waals surface area contributed by atoms with Crippen LogP contribution in [0.4, 0.5) is 0 Å². The molecule has 1 aromatic heterocycles. The van der Waals surface area contributed by atoms with E-state index in [-0.39, 0.29) is 5.82 Å². The fourth-order valence-electron chi connectivity index (χ4n) is 1.62. The summed E-state index contributed by atoms with van der Waals surface area (Å²) in [6.45, 7) is 1.77. The first kappa shape index (κ1) is 11.3. The molecular weight excluding hydrogens is 216 g/mol. The normalized spacial score (nSPS) is 10.2. The number of carbonyl (C=O) groups is 1. The van der Waals surface area contributed by atoms with Gasteiger partial charge in [0.1, 0.15) is 0 Å². The third-order valence-corrected chi connectivity index (χ3v) is 2.33. The lowest BCUT2D eigenvalue weighted by Gasteiger charge is -2.03. The van der Waals surface area contributed by atoms with Crippen molar-refractivity contribution in [3.8, 4) is 0 Å². The molecule has 1 N–H and O–H groups in total. The summed E-state index contributed by atoms with van der Waals surface area (Å²) in [6.07, 6.45) is 0.616. The van der Waals surface area contributed by atoms with Crippen LogP contribution in [0.3, 0.4) is 0 Å². The Morgan fingerprint density at radius 2 is 1.94 bits per heavy atom. The van der Waals surface area contributed by atoms with Gasteiger partial charge in [0.05, 0.1) is 0 Å². The Labute approximate surface area is 99.0 Å². The predicted octanol–water partition coefficient (Wildman–Crippen LogP) is 2.07. The Bertz CT molecular complexity index is 538. The van der Waals surface area contributed by atoms with Crippen molar-refractivity contribution < 1.29 is 9.90 Å². The Morgan fingerprint density at radius 1 is 1.24 bits per heavy atom. The van der Waals surface area contributed by atoms with Crippen molar-refractivity contribution in [3.05, 3.63) is 59.2 Å². The molecule has 0 bridgehead atoms. The van der Waals surface area contributed by atoms with Gasteiger partial charge in [-0.3, -0.25) is 0 Å². The maximum Gasteiger partial charge on any atom is 0.373 e. The lowest BCUT2D eigenvalue weighted by molar-refractivity contribution is 0.0682. The van der Waals surface area contributed by atoms with Crippen LogP contribution in [0.25, 0.3) is 0 Å². The molecule has 17 heavy (non-hydrogen) atoms. The third kappa shape index (κ3) is 2.87. The van der Waals surface area contributed by atoms with E-state index >= 15 is 0 Å². The molecule has 0 aliphatic rings. The third-order valence-electron chi connectivity index (χ3n) is 2.33. The van der Waals surface area contributed by atoms with E-state index in [1.54, 1.807) is 13.0 Å². The molecule has 0 amide bonds. The second-order valence-corrected chi connectivity index (χ2v) is 3.79. The van der Waals surface area contributed by atoms with Gasteiger partial charge in [-0.05, 0) is 18.6 Å². The molecule has 0 aliphatic heterocycles. The Kier molecular flexibility index (Phi) is 3.14. The summed E-state index contributed by atoms with van der Waals surface area (Å²) < 4.78 is 0. The number of carboxylic acids is 1. The molecule has 1 aromatic carbocycles. The first-order valence-corrected chi connectivity index (χ1v) is 5.27. The number of nitrogens with zero attached hydrogens (tertiary/aromatic N) is 2. The van der Waals surface area contributed by atoms with Crippen LogP contribution in [0.2, 0.25) is 0 Å². The largest absolute Gasteiger partial charge is 0.475 e. The molecule has 0 saturated carbocycles. The first-order valence-electron chi connectivity index (χ1n) is 5.27.